The van der Waals surface area contributed by atoms with E-state index in [9.17, 15) is 9.59 Å². The van der Waals surface area contributed by atoms with Crippen LogP contribution in [0.5, 0.6) is 0 Å². The Labute approximate surface area is 105 Å². The van der Waals surface area contributed by atoms with Crippen molar-refractivity contribution in [3.63, 3.8) is 0 Å². The highest BCUT2D eigenvalue weighted by atomic mass is 16.2. The van der Waals surface area contributed by atoms with Crippen LogP contribution in [0.15, 0.2) is 18.2 Å². The fourth-order valence-corrected chi connectivity index (χ4v) is 2.53. The third-order valence-electron chi connectivity index (χ3n) is 3.58. The number of nitrogens with zero attached hydrogens (tertiary/aromatic N) is 2. The van der Waals surface area contributed by atoms with Crippen LogP contribution in [0.4, 0.5) is 16.2 Å². The lowest BCUT2D eigenvalue weighted by atomic mass is 10.0. The Kier molecular flexibility index (Phi) is 2.47. The minimum absolute atomic E-state index is 0.0461. The van der Waals surface area contributed by atoms with Gasteiger partial charge in [-0.1, -0.05) is 0 Å². The molecule has 1 saturated heterocycles. The molecule has 0 spiro atoms. The number of anilines is 2. The third kappa shape index (κ3) is 1.63. The Bertz CT molecular complexity index is 527. The van der Waals surface area contributed by atoms with Gasteiger partial charge in [0.2, 0.25) is 5.91 Å². The molecule has 1 N–H and O–H groups in total. The average molecular weight is 245 g/mol. The van der Waals surface area contributed by atoms with Gasteiger partial charge < -0.3 is 10.2 Å². The van der Waals surface area contributed by atoms with E-state index >= 15 is 0 Å². The molecule has 18 heavy (non-hydrogen) atoms. The minimum atomic E-state index is -0.0461. The smallest absolute Gasteiger partial charge is 0.321 e. The van der Waals surface area contributed by atoms with Gasteiger partial charge in [0.25, 0.3) is 0 Å². The van der Waals surface area contributed by atoms with Crippen molar-refractivity contribution in [3.05, 3.63) is 23.8 Å². The predicted octanol–water partition coefficient (Wildman–Crippen LogP) is 1.13. The first-order valence-corrected chi connectivity index (χ1v) is 6.11. The number of amides is 3. The highest BCUT2D eigenvalue weighted by Gasteiger charge is 2.25. The zero-order chi connectivity index (χ0) is 12.7. The molecule has 0 atom stereocenters. The number of hydrogen-bond acceptors (Lipinski definition) is 2. The summed E-state index contributed by atoms with van der Waals surface area (Å²) in [4.78, 5) is 26.6. The fraction of sp³-hybridized carbons (Fsp3) is 0.385. The lowest BCUT2D eigenvalue weighted by molar-refractivity contribution is -0.118. The highest BCUT2D eigenvalue weighted by Crippen LogP contribution is 2.30. The van der Waals surface area contributed by atoms with Crippen LogP contribution in [-0.2, 0) is 11.2 Å². The number of aryl methyl sites for hydroxylation is 1. The van der Waals surface area contributed by atoms with Crippen molar-refractivity contribution >= 4 is 23.3 Å². The summed E-state index contributed by atoms with van der Waals surface area (Å²) in [5.41, 5.74) is 3.00. The van der Waals surface area contributed by atoms with E-state index in [1.165, 1.54) is 0 Å². The molecule has 2 heterocycles. The first kappa shape index (κ1) is 11.1. The van der Waals surface area contributed by atoms with Gasteiger partial charge in [0, 0.05) is 37.9 Å². The molecular formula is C13H15N3O2. The monoisotopic (exact) mass is 245 g/mol. The summed E-state index contributed by atoms with van der Waals surface area (Å²) in [5.74, 6) is 0.147. The zero-order valence-corrected chi connectivity index (χ0v) is 10.3. The van der Waals surface area contributed by atoms with Crippen LogP contribution in [0.2, 0.25) is 0 Å². The molecule has 0 aromatic heterocycles. The number of benzene rings is 1. The number of nitrogens with one attached hydrogen (secondary N) is 1. The van der Waals surface area contributed by atoms with E-state index in [4.69, 9.17) is 0 Å². The van der Waals surface area contributed by atoms with Crippen LogP contribution in [0.1, 0.15) is 12.0 Å². The number of hydrogen-bond donors (Lipinski definition) is 1. The maximum absolute atomic E-state index is 11.6. The van der Waals surface area contributed by atoms with Crippen LogP contribution in [0.25, 0.3) is 0 Å². The molecule has 94 valence electrons. The van der Waals surface area contributed by atoms with Gasteiger partial charge in [-0.25, -0.2) is 4.79 Å². The van der Waals surface area contributed by atoms with Gasteiger partial charge in [0.15, 0.2) is 0 Å². The molecule has 5 heteroatoms. The summed E-state index contributed by atoms with van der Waals surface area (Å²) >= 11 is 0. The summed E-state index contributed by atoms with van der Waals surface area (Å²) in [7, 11) is 1.79. The first-order valence-electron chi connectivity index (χ1n) is 6.11. The van der Waals surface area contributed by atoms with E-state index < -0.39 is 0 Å². The van der Waals surface area contributed by atoms with Crippen molar-refractivity contribution in [1.29, 1.82) is 0 Å². The van der Waals surface area contributed by atoms with Crippen molar-refractivity contribution in [2.75, 3.05) is 29.9 Å². The molecule has 0 radical (unpaired) electrons. The molecule has 5 nitrogen and oxygen atoms in total. The molecule has 1 aromatic rings. The molecule has 0 unspecified atom stereocenters. The lowest BCUT2D eigenvalue weighted by Crippen LogP contribution is -2.32. The summed E-state index contributed by atoms with van der Waals surface area (Å²) in [6.45, 7) is 1.39. The van der Waals surface area contributed by atoms with Gasteiger partial charge in [-0.05, 0) is 30.2 Å². The molecule has 0 saturated carbocycles. The minimum Gasteiger partial charge on any atom is -0.336 e. The summed E-state index contributed by atoms with van der Waals surface area (Å²) in [6, 6.07) is 5.80. The molecule has 0 bridgehead atoms. The van der Waals surface area contributed by atoms with Gasteiger partial charge in [-0.2, -0.15) is 0 Å². The Morgan fingerprint density at radius 1 is 1.22 bits per heavy atom. The SMILES string of the molecule is CN1C(=O)CCc2cc(N3CCNC3=O)ccc21. The summed E-state index contributed by atoms with van der Waals surface area (Å²) in [6.07, 6.45) is 1.29. The number of carbonyl (C=O) groups is 2. The second-order valence-electron chi connectivity index (χ2n) is 4.65. The van der Waals surface area contributed by atoms with Crippen LogP contribution >= 0.6 is 0 Å². The van der Waals surface area contributed by atoms with E-state index in [0.29, 0.717) is 19.5 Å². The van der Waals surface area contributed by atoms with Crippen molar-refractivity contribution in [1.82, 2.24) is 5.32 Å². The topological polar surface area (TPSA) is 52.7 Å². The number of carbonyl (C=O) groups excluding carboxylic acids is 2. The number of fused-ring (bicyclic) bond motifs is 1. The van der Waals surface area contributed by atoms with Crippen molar-refractivity contribution in [2.45, 2.75) is 12.8 Å². The van der Waals surface area contributed by atoms with Crippen LogP contribution in [0.3, 0.4) is 0 Å². The lowest BCUT2D eigenvalue weighted by Gasteiger charge is -2.27. The van der Waals surface area contributed by atoms with Crippen molar-refractivity contribution in [2.24, 2.45) is 0 Å². The predicted molar refractivity (Wildman–Crippen MR) is 68.9 cm³/mol. The van der Waals surface area contributed by atoms with E-state index in [0.717, 1.165) is 23.4 Å². The first-order chi connectivity index (χ1) is 8.66. The van der Waals surface area contributed by atoms with Crippen LogP contribution in [-0.4, -0.2) is 32.1 Å². The van der Waals surface area contributed by atoms with Gasteiger partial charge in [0.1, 0.15) is 0 Å². The Balaban J connectivity index is 1.96. The Hall–Kier alpha value is -2.04. The summed E-state index contributed by atoms with van der Waals surface area (Å²) in [5, 5.41) is 2.79. The van der Waals surface area contributed by atoms with Gasteiger partial charge >= 0.3 is 6.03 Å². The second kappa shape index (κ2) is 4.01. The number of rotatable bonds is 1. The van der Waals surface area contributed by atoms with Gasteiger partial charge in [-0.3, -0.25) is 9.69 Å². The van der Waals surface area contributed by atoms with Gasteiger partial charge in [0.05, 0.1) is 0 Å². The quantitative estimate of drug-likeness (QED) is 0.806. The molecule has 1 fully saturated rings. The Morgan fingerprint density at radius 2 is 2.06 bits per heavy atom. The maximum Gasteiger partial charge on any atom is 0.321 e. The maximum atomic E-state index is 11.6. The summed E-state index contributed by atoms with van der Waals surface area (Å²) < 4.78 is 0. The fourth-order valence-electron chi connectivity index (χ4n) is 2.53. The van der Waals surface area contributed by atoms with Crippen molar-refractivity contribution in [3.8, 4) is 0 Å². The molecule has 0 aliphatic carbocycles. The van der Waals surface area contributed by atoms with Crippen LogP contribution in [0, 0.1) is 0 Å². The van der Waals surface area contributed by atoms with Gasteiger partial charge in [-0.15, -0.1) is 0 Å². The van der Waals surface area contributed by atoms with E-state index in [2.05, 4.69) is 5.32 Å². The second-order valence-corrected chi connectivity index (χ2v) is 4.65. The standard InChI is InChI=1S/C13H15N3O2/c1-15-11-4-3-10(16-7-6-14-13(16)18)8-9(11)2-5-12(15)17/h3-4,8H,2,5-7H2,1H3,(H,14,18). The van der Waals surface area contributed by atoms with E-state index in [-0.39, 0.29) is 11.9 Å². The van der Waals surface area contributed by atoms with Crippen molar-refractivity contribution < 1.29 is 9.59 Å². The molecule has 3 amide bonds. The Morgan fingerprint density at radius 3 is 2.78 bits per heavy atom. The zero-order valence-electron chi connectivity index (χ0n) is 10.3. The largest absolute Gasteiger partial charge is 0.336 e. The average Bonchev–Trinajstić information content (AvgIpc) is 2.80. The molecular weight excluding hydrogens is 230 g/mol. The van der Waals surface area contributed by atoms with E-state index in [1.54, 1.807) is 16.8 Å². The third-order valence-corrected chi connectivity index (χ3v) is 3.58. The van der Waals surface area contributed by atoms with E-state index in [1.807, 2.05) is 18.2 Å². The molecule has 1 aromatic carbocycles. The molecule has 2 aliphatic heterocycles. The molecule has 2 aliphatic rings. The normalized spacial score (nSPS) is 18.9. The highest BCUT2D eigenvalue weighted by molar-refractivity contribution is 5.98. The van der Waals surface area contributed by atoms with Crippen LogP contribution < -0.4 is 15.1 Å². The molecule has 3 rings (SSSR count). The number of urea groups is 1.